The van der Waals surface area contributed by atoms with E-state index in [0.717, 1.165) is 8.66 Å². The molecule has 0 saturated heterocycles. The number of nitrogens with zero attached hydrogens (tertiary/aromatic N) is 2. The van der Waals surface area contributed by atoms with E-state index in [0.29, 0.717) is 17.4 Å². The first-order valence-electron chi connectivity index (χ1n) is 6.80. The molecule has 9 heteroatoms. The number of hydrogen-bond donors (Lipinski definition) is 1. The summed E-state index contributed by atoms with van der Waals surface area (Å²) in [6.45, 7) is -0.172. The van der Waals surface area contributed by atoms with E-state index in [4.69, 9.17) is 13.9 Å². The van der Waals surface area contributed by atoms with Crippen molar-refractivity contribution >= 4 is 39.2 Å². The van der Waals surface area contributed by atoms with Crippen LogP contribution < -0.4 is 14.8 Å². The highest BCUT2D eigenvalue weighted by Gasteiger charge is 2.13. The lowest BCUT2D eigenvalue weighted by Gasteiger charge is -2.06. The monoisotopic (exact) mass is 409 g/mol. The Kier molecular flexibility index (Phi) is 5.11. The van der Waals surface area contributed by atoms with Gasteiger partial charge in [0, 0.05) is 0 Å². The van der Waals surface area contributed by atoms with Crippen molar-refractivity contribution in [2.75, 3.05) is 19.0 Å². The van der Waals surface area contributed by atoms with Crippen LogP contribution in [0.5, 0.6) is 11.5 Å². The summed E-state index contributed by atoms with van der Waals surface area (Å²) >= 11 is 4.82. The molecule has 0 saturated carbocycles. The second-order valence-electron chi connectivity index (χ2n) is 4.53. The summed E-state index contributed by atoms with van der Waals surface area (Å²) in [5.41, 5.74) is 0. The van der Waals surface area contributed by atoms with Crippen LogP contribution in [0.1, 0.15) is 0 Å². The van der Waals surface area contributed by atoms with E-state index in [-0.39, 0.29) is 12.6 Å². The highest BCUT2D eigenvalue weighted by Crippen LogP contribution is 2.30. The Morgan fingerprint density at radius 1 is 1.21 bits per heavy atom. The lowest BCUT2D eigenvalue weighted by molar-refractivity contribution is -0.118. The van der Waals surface area contributed by atoms with Gasteiger partial charge in [-0.2, -0.15) is 0 Å². The molecule has 24 heavy (non-hydrogen) atoms. The summed E-state index contributed by atoms with van der Waals surface area (Å²) in [6.07, 6.45) is 0. The van der Waals surface area contributed by atoms with Gasteiger partial charge in [-0.25, -0.2) is 0 Å². The lowest BCUT2D eigenvalue weighted by Crippen LogP contribution is -2.20. The van der Waals surface area contributed by atoms with Gasteiger partial charge in [0.2, 0.25) is 0 Å². The predicted molar refractivity (Wildman–Crippen MR) is 92.4 cm³/mol. The fourth-order valence-corrected chi connectivity index (χ4v) is 3.09. The number of carbonyl (C=O) groups is 1. The first-order chi connectivity index (χ1) is 11.6. The van der Waals surface area contributed by atoms with Crippen molar-refractivity contribution in [1.29, 1.82) is 0 Å². The maximum absolute atomic E-state index is 11.9. The molecule has 1 aromatic carbocycles. The minimum absolute atomic E-state index is 0.0258. The van der Waals surface area contributed by atoms with Gasteiger partial charge in [-0.3, -0.25) is 10.1 Å². The van der Waals surface area contributed by atoms with E-state index >= 15 is 0 Å². The summed E-state index contributed by atoms with van der Waals surface area (Å²) < 4.78 is 16.8. The Balaban J connectivity index is 1.54. The molecule has 124 valence electrons. The molecule has 0 radical (unpaired) electrons. The molecule has 3 aromatic rings. The standard InChI is InChI=1S/C15H12BrN3O4S/c1-21-9-2-4-10(5-3-9)22-8-13(20)17-15-19-18-14(23-15)11-6-7-12(16)24-11/h2-7H,8H2,1H3,(H,17,19,20). The van der Waals surface area contributed by atoms with E-state index in [1.54, 1.807) is 31.4 Å². The average Bonchev–Trinajstić information content (AvgIpc) is 3.22. The molecule has 3 rings (SSSR count). The molecule has 2 heterocycles. The van der Waals surface area contributed by atoms with Crippen LogP contribution in [0.25, 0.3) is 10.8 Å². The smallest absolute Gasteiger partial charge is 0.322 e. The molecule has 0 bridgehead atoms. The Hall–Kier alpha value is -2.39. The second-order valence-corrected chi connectivity index (χ2v) is 6.99. The summed E-state index contributed by atoms with van der Waals surface area (Å²) in [4.78, 5) is 12.7. The first-order valence-corrected chi connectivity index (χ1v) is 8.41. The number of hydrogen-bond acceptors (Lipinski definition) is 7. The Morgan fingerprint density at radius 3 is 2.62 bits per heavy atom. The fraction of sp³-hybridized carbons (Fsp3) is 0.133. The minimum atomic E-state index is -0.395. The van der Waals surface area contributed by atoms with Gasteiger partial charge >= 0.3 is 6.01 Å². The van der Waals surface area contributed by atoms with Crippen LogP contribution in [0.3, 0.4) is 0 Å². The number of aromatic nitrogens is 2. The van der Waals surface area contributed by atoms with Gasteiger partial charge in [-0.05, 0) is 52.3 Å². The summed E-state index contributed by atoms with van der Waals surface area (Å²) in [6, 6.07) is 10.7. The molecule has 0 aliphatic carbocycles. The largest absolute Gasteiger partial charge is 0.497 e. The van der Waals surface area contributed by atoms with E-state index in [1.807, 2.05) is 12.1 Å². The third-order valence-electron chi connectivity index (χ3n) is 2.88. The molecule has 0 aliphatic rings. The van der Waals surface area contributed by atoms with Gasteiger partial charge in [-0.1, -0.05) is 5.10 Å². The summed E-state index contributed by atoms with van der Waals surface area (Å²) in [5, 5.41) is 10.2. The number of methoxy groups -OCH3 is 1. The summed E-state index contributed by atoms with van der Waals surface area (Å²) in [7, 11) is 1.58. The van der Waals surface area contributed by atoms with Crippen molar-refractivity contribution in [2.24, 2.45) is 0 Å². The van der Waals surface area contributed by atoms with Crippen LogP contribution in [-0.4, -0.2) is 29.8 Å². The van der Waals surface area contributed by atoms with Gasteiger partial charge in [0.25, 0.3) is 11.8 Å². The van der Waals surface area contributed by atoms with Crippen molar-refractivity contribution in [3.05, 3.63) is 40.2 Å². The first kappa shape index (κ1) is 16.5. The molecule has 1 amide bonds. The van der Waals surface area contributed by atoms with E-state index in [1.165, 1.54) is 11.3 Å². The van der Waals surface area contributed by atoms with Crippen molar-refractivity contribution in [3.63, 3.8) is 0 Å². The van der Waals surface area contributed by atoms with E-state index in [9.17, 15) is 4.79 Å². The number of ether oxygens (including phenoxy) is 2. The van der Waals surface area contributed by atoms with E-state index < -0.39 is 5.91 Å². The quantitative estimate of drug-likeness (QED) is 0.669. The van der Waals surface area contributed by atoms with Gasteiger partial charge < -0.3 is 13.9 Å². The molecule has 0 unspecified atom stereocenters. The zero-order chi connectivity index (χ0) is 16.9. The predicted octanol–water partition coefficient (Wildman–Crippen LogP) is 3.59. The third kappa shape index (κ3) is 4.12. The number of rotatable bonds is 6. The Morgan fingerprint density at radius 2 is 1.96 bits per heavy atom. The van der Waals surface area contributed by atoms with Gasteiger partial charge in [0.05, 0.1) is 15.8 Å². The van der Waals surface area contributed by atoms with E-state index in [2.05, 4.69) is 31.4 Å². The number of benzene rings is 1. The third-order valence-corrected chi connectivity index (χ3v) is 4.50. The molecular formula is C15H12BrN3O4S. The zero-order valence-electron chi connectivity index (χ0n) is 12.5. The minimum Gasteiger partial charge on any atom is -0.497 e. The normalized spacial score (nSPS) is 10.4. The topological polar surface area (TPSA) is 86.5 Å². The van der Waals surface area contributed by atoms with Gasteiger partial charge in [-0.15, -0.1) is 16.4 Å². The van der Waals surface area contributed by atoms with Crippen molar-refractivity contribution in [2.45, 2.75) is 0 Å². The summed E-state index contributed by atoms with van der Waals surface area (Å²) in [5.74, 6) is 1.22. The molecule has 0 spiro atoms. The second kappa shape index (κ2) is 7.45. The Bertz CT molecular complexity index is 831. The number of amides is 1. The van der Waals surface area contributed by atoms with Crippen LogP contribution in [0, 0.1) is 0 Å². The van der Waals surface area contributed by atoms with Crippen LogP contribution >= 0.6 is 27.3 Å². The molecule has 0 fully saturated rings. The molecule has 0 aliphatic heterocycles. The van der Waals surface area contributed by atoms with Crippen LogP contribution in [-0.2, 0) is 4.79 Å². The highest BCUT2D eigenvalue weighted by molar-refractivity contribution is 9.11. The Labute approximate surface area is 149 Å². The zero-order valence-corrected chi connectivity index (χ0v) is 14.9. The van der Waals surface area contributed by atoms with Gasteiger partial charge in [0.15, 0.2) is 6.61 Å². The number of anilines is 1. The van der Waals surface area contributed by atoms with Crippen molar-refractivity contribution < 1.29 is 18.7 Å². The average molecular weight is 410 g/mol. The molecule has 7 nitrogen and oxygen atoms in total. The molecule has 2 aromatic heterocycles. The SMILES string of the molecule is COc1ccc(OCC(=O)Nc2nnc(-c3ccc(Br)s3)o2)cc1. The lowest BCUT2D eigenvalue weighted by atomic mass is 10.3. The number of carbonyl (C=O) groups excluding carboxylic acids is 1. The van der Waals surface area contributed by atoms with Crippen LogP contribution in [0.15, 0.2) is 44.6 Å². The molecule has 1 N–H and O–H groups in total. The maximum Gasteiger partial charge on any atom is 0.322 e. The fourth-order valence-electron chi connectivity index (χ4n) is 1.78. The highest BCUT2D eigenvalue weighted by atomic mass is 79.9. The van der Waals surface area contributed by atoms with Gasteiger partial charge in [0.1, 0.15) is 11.5 Å². The number of nitrogens with one attached hydrogen (secondary N) is 1. The van der Waals surface area contributed by atoms with Crippen molar-refractivity contribution in [1.82, 2.24) is 10.2 Å². The molecule has 0 atom stereocenters. The van der Waals surface area contributed by atoms with Crippen LogP contribution in [0.2, 0.25) is 0 Å². The van der Waals surface area contributed by atoms with Crippen molar-refractivity contribution in [3.8, 4) is 22.3 Å². The number of halogens is 1. The maximum atomic E-state index is 11.9. The molecular weight excluding hydrogens is 398 g/mol. The number of thiophene rings is 1. The van der Waals surface area contributed by atoms with Crippen LogP contribution in [0.4, 0.5) is 6.01 Å².